The second kappa shape index (κ2) is 3.54. The van der Waals surface area contributed by atoms with Crippen molar-refractivity contribution in [2.24, 2.45) is 7.05 Å². The molecule has 0 saturated heterocycles. The minimum Gasteiger partial charge on any atom is -0.394 e. The minimum atomic E-state index is -4.25. The maximum Gasteiger partial charge on any atom is 0.411 e. The molecular formula is C10H15F3N4. The van der Waals surface area contributed by atoms with Gasteiger partial charge in [0.25, 0.3) is 0 Å². The molecule has 1 aliphatic rings. The Morgan fingerprint density at radius 2 is 2.06 bits per heavy atom. The molecule has 1 fully saturated rings. The monoisotopic (exact) mass is 248 g/mol. The van der Waals surface area contributed by atoms with Gasteiger partial charge in [0.1, 0.15) is 11.4 Å². The largest absolute Gasteiger partial charge is 0.411 e. The Morgan fingerprint density at radius 3 is 2.41 bits per heavy atom. The fourth-order valence-electron chi connectivity index (χ4n) is 1.84. The highest BCUT2D eigenvalue weighted by Gasteiger charge is 2.64. The van der Waals surface area contributed by atoms with E-state index in [0.29, 0.717) is 17.8 Å². The average molecular weight is 248 g/mol. The van der Waals surface area contributed by atoms with Crippen LogP contribution in [0.4, 0.5) is 24.7 Å². The highest BCUT2D eigenvalue weighted by atomic mass is 19.4. The van der Waals surface area contributed by atoms with Gasteiger partial charge in [0.2, 0.25) is 0 Å². The first-order chi connectivity index (χ1) is 7.81. The minimum absolute atomic E-state index is 0.0859. The third-order valence-electron chi connectivity index (χ3n) is 3.15. The molecule has 96 valence electrons. The van der Waals surface area contributed by atoms with Gasteiger partial charge in [0.15, 0.2) is 0 Å². The third kappa shape index (κ3) is 1.83. The molecule has 7 heteroatoms. The van der Waals surface area contributed by atoms with E-state index in [2.05, 4.69) is 10.4 Å². The SMILES string of the molecule is CCc1nn(C)c(NC2(C(F)(F)F)CC2)c1N. The molecule has 0 amide bonds. The van der Waals surface area contributed by atoms with Gasteiger partial charge in [-0.3, -0.25) is 4.68 Å². The lowest BCUT2D eigenvalue weighted by molar-refractivity contribution is -0.151. The van der Waals surface area contributed by atoms with Crippen molar-refractivity contribution in [1.29, 1.82) is 0 Å². The van der Waals surface area contributed by atoms with Crippen molar-refractivity contribution >= 4 is 11.5 Å². The van der Waals surface area contributed by atoms with Crippen LogP contribution in [0.5, 0.6) is 0 Å². The molecule has 1 heterocycles. The van der Waals surface area contributed by atoms with Crippen molar-refractivity contribution in [2.75, 3.05) is 11.1 Å². The van der Waals surface area contributed by atoms with Crippen LogP contribution in [0.15, 0.2) is 0 Å². The number of hydrogen-bond donors (Lipinski definition) is 2. The molecule has 0 aromatic carbocycles. The lowest BCUT2D eigenvalue weighted by atomic mass is 10.2. The number of rotatable bonds is 3. The number of nitrogens with zero attached hydrogens (tertiary/aromatic N) is 2. The molecule has 0 spiro atoms. The van der Waals surface area contributed by atoms with Crippen LogP contribution in [0.25, 0.3) is 0 Å². The van der Waals surface area contributed by atoms with Crippen LogP contribution in [0.3, 0.4) is 0 Å². The molecule has 3 N–H and O–H groups in total. The molecule has 0 unspecified atom stereocenters. The molecule has 0 atom stereocenters. The molecule has 0 bridgehead atoms. The fourth-order valence-corrected chi connectivity index (χ4v) is 1.84. The van der Waals surface area contributed by atoms with Crippen molar-refractivity contribution < 1.29 is 13.2 Å². The maximum atomic E-state index is 12.8. The van der Waals surface area contributed by atoms with Crippen molar-refractivity contribution in [3.8, 4) is 0 Å². The van der Waals surface area contributed by atoms with Gasteiger partial charge < -0.3 is 11.1 Å². The van der Waals surface area contributed by atoms with Gasteiger partial charge in [-0.05, 0) is 19.3 Å². The molecule has 1 aromatic heterocycles. The summed E-state index contributed by atoms with van der Waals surface area (Å²) in [6, 6.07) is 0. The molecular weight excluding hydrogens is 233 g/mol. The van der Waals surface area contributed by atoms with Crippen LogP contribution < -0.4 is 11.1 Å². The summed E-state index contributed by atoms with van der Waals surface area (Å²) in [4.78, 5) is 0. The Morgan fingerprint density at radius 1 is 1.47 bits per heavy atom. The smallest absolute Gasteiger partial charge is 0.394 e. The number of nitrogens with two attached hydrogens (primary N) is 1. The van der Waals surface area contributed by atoms with E-state index in [1.165, 1.54) is 4.68 Å². The van der Waals surface area contributed by atoms with Gasteiger partial charge in [0.05, 0.1) is 11.4 Å². The van der Waals surface area contributed by atoms with Gasteiger partial charge in [-0.25, -0.2) is 0 Å². The summed E-state index contributed by atoms with van der Waals surface area (Å²) >= 11 is 0. The molecule has 0 radical (unpaired) electrons. The Hall–Kier alpha value is -1.40. The first-order valence-corrected chi connectivity index (χ1v) is 5.47. The number of aromatic nitrogens is 2. The number of anilines is 2. The number of nitrogens with one attached hydrogen (secondary N) is 1. The van der Waals surface area contributed by atoms with E-state index >= 15 is 0 Å². The highest BCUT2D eigenvalue weighted by molar-refractivity contribution is 5.66. The number of aryl methyl sites for hydroxylation is 2. The van der Waals surface area contributed by atoms with Gasteiger partial charge in [-0.1, -0.05) is 6.92 Å². The lowest BCUT2D eigenvalue weighted by Crippen LogP contribution is -2.39. The molecule has 1 saturated carbocycles. The number of alkyl halides is 3. The van der Waals surface area contributed by atoms with E-state index < -0.39 is 11.7 Å². The van der Waals surface area contributed by atoms with E-state index in [9.17, 15) is 13.2 Å². The van der Waals surface area contributed by atoms with Crippen LogP contribution in [0.1, 0.15) is 25.5 Å². The van der Waals surface area contributed by atoms with Gasteiger partial charge in [0, 0.05) is 7.05 Å². The molecule has 4 nitrogen and oxygen atoms in total. The maximum absolute atomic E-state index is 12.8. The van der Waals surface area contributed by atoms with Crippen LogP contribution in [0, 0.1) is 0 Å². The average Bonchev–Trinajstić information content (AvgIpc) is 2.96. The standard InChI is InChI=1S/C10H15F3N4/c1-3-6-7(14)8(17(2)16-6)15-9(4-5-9)10(11,12)13/h15H,3-5,14H2,1-2H3. The third-order valence-corrected chi connectivity index (χ3v) is 3.15. The predicted molar refractivity (Wildman–Crippen MR) is 58.6 cm³/mol. The zero-order chi connectivity index (χ0) is 12.8. The molecule has 1 aromatic rings. The van der Waals surface area contributed by atoms with Crippen molar-refractivity contribution in [2.45, 2.75) is 37.9 Å². The van der Waals surface area contributed by atoms with Gasteiger partial charge in [-0.15, -0.1) is 0 Å². The summed E-state index contributed by atoms with van der Waals surface area (Å²) < 4.78 is 39.8. The normalized spacial score (nSPS) is 18.2. The first-order valence-electron chi connectivity index (χ1n) is 5.47. The van der Waals surface area contributed by atoms with Gasteiger partial charge >= 0.3 is 6.18 Å². The quantitative estimate of drug-likeness (QED) is 0.861. The Balaban J connectivity index is 2.28. The van der Waals surface area contributed by atoms with Crippen LogP contribution in [0.2, 0.25) is 0 Å². The molecule has 2 rings (SSSR count). The highest BCUT2D eigenvalue weighted by Crippen LogP contribution is 2.51. The zero-order valence-electron chi connectivity index (χ0n) is 9.73. The number of nitrogen functional groups attached to an aromatic ring is 1. The van der Waals surface area contributed by atoms with Crippen LogP contribution in [-0.2, 0) is 13.5 Å². The summed E-state index contributed by atoms with van der Waals surface area (Å²) in [6.07, 6.45) is -3.48. The summed E-state index contributed by atoms with van der Waals surface area (Å²) in [5.74, 6) is 0.261. The lowest BCUT2D eigenvalue weighted by Gasteiger charge is -2.22. The molecule has 1 aliphatic carbocycles. The van der Waals surface area contributed by atoms with E-state index in [4.69, 9.17) is 5.73 Å². The first kappa shape index (κ1) is 12.1. The second-order valence-corrected chi connectivity index (χ2v) is 4.39. The van der Waals surface area contributed by atoms with Crippen molar-refractivity contribution in [3.05, 3.63) is 5.69 Å². The van der Waals surface area contributed by atoms with E-state index in [-0.39, 0.29) is 18.7 Å². The molecule has 17 heavy (non-hydrogen) atoms. The van der Waals surface area contributed by atoms with Crippen molar-refractivity contribution in [1.82, 2.24) is 9.78 Å². The van der Waals surface area contributed by atoms with E-state index in [0.717, 1.165) is 0 Å². The van der Waals surface area contributed by atoms with Crippen LogP contribution >= 0.6 is 0 Å². The van der Waals surface area contributed by atoms with Crippen LogP contribution in [-0.4, -0.2) is 21.5 Å². The molecule has 0 aliphatic heterocycles. The Labute approximate surface area is 97.0 Å². The topological polar surface area (TPSA) is 55.9 Å². The summed E-state index contributed by atoms with van der Waals surface area (Å²) in [5, 5.41) is 6.60. The predicted octanol–water partition coefficient (Wildman–Crippen LogP) is 2.07. The van der Waals surface area contributed by atoms with Crippen molar-refractivity contribution in [3.63, 3.8) is 0 Å². The second-order valence-electron chi connectivity index (χ2n) is 4.39. The Bertz CT molecular complexity index is 431. The zero-order valence-corrected chi connectivity index (χ0v) is 9.73. The summed E-state index contributed by atoms with van der Waals surface area (Å²) in [7, 11) is 1.59. The van der Waals surface area contributed by atoms with Gasteiger partial charge in [-0.2, -0.15) is 18.3 Å². The van der Waals surface area contributed by atoms with E-state index in [1.807, 2.05) is 6.92 Å². The summed E-state index contributed by atoms with van der Waals surface area (Å²) in [5.41, 5.74) is 4.90. The number of halogens is 3. The number of hydrogen-bond acceptors (Lipinski definition) is 3. The Kier molecular flexibility index (Phi) is 2.52. The fraction of sp³-hybridized carbons (Fsp3) is 0.700. The summed E-state index contributed by atoms with van der Waals surface area (Å²) in [6.45, 7) is 1.86. The van der Waals surface area contributed by atoms with E-state index in [1.54, 1.807) is 7.05 Å².